The fraction of sp³-hybridized carbons (Fsp3) is 0.222. The van der Waals surface area contributed by atoms with Gasteiger partial charge < -0.3 is 24.3 Å². The van der Waals surface area contributed by atoms with Crippen molar-refractivity contribution in [3.05, 3.63) is 126 Å². The number of benzene rings is 4. The number of ether oxygens (including phenoxy) is 2. The van der Waals surface area contributed by atoms with E-state index in [1.807, 2.05) is 109 Å². The lowest BCUT2D eigenvalue weighted by Gasteiger charge is -2.41. The minimum Gasteiger partial charge on any atom is -0.431 e. The van der Waals surface area contributed by atoms with E-state index in [1.165, 1.54) is 18.7 Å². The molecule has 2 heterocycles. The Morgan fingerprint density at radius 1 is 0.864 bits per heavy atom. The first kappa shape index (κ1) is 29.8. The van der Waals surface area contributed by atoms with E-state index in [0.717, 1.165) is 39.3 Å². The summed E-state index contributed by atoms with van der Waals surface area (Å²) in [4.78, 5) is 16.6. The molecule has 1 fully saturated rings. The van der Waals surface area contributed by atoms with Crippen molar-refractivity contribution in [3.8, 4) is 22.6 Å². The average molecular weight is 607 g/mol. The van der Waals surface area contributed by atoms with Crippen molar-refractivity contribution >= 4 is 23.4 Å². The van der Waals surface area contributed by atoms with Crippen LogP contribution in [0, 0.1) is 5.92 Å². The number of thioether (sulfide) groups is 1. The molecular formula is C36H34N2O5S. The Balaban J connectivity index is 1.29. The van der Waals surface area contributed by atoms with Gasteiger partial charge in [0.05, 0.1) is 18.8 Å². The largest absolute Gasteiger partial charge is 0.431 e. The molecule has 8 heteroatoms. The number of carbonyl (C=O) groups is 1. The van der Waals surface area contributed by atoms with E-state index < -0.39 is 6.29 Å². The molecule has 2 N–H and O–H groups in total. The number of oxazole rings is 1. The number of aliphatic hydroxyl groups is 1. The molecular weight excluding hydrogens is 572 g/mol. The average Bonchev–Trinajstić information content (AvgIpc) is 3.49. The third-order valence-corrected chi connectivity index (χ3v) is 8.58. The Kier molecular flexibility index (Phi) is 9.23. The lowest BCUT2D eigenvalue weighted by molar-refractivity contribution is -0.268. The number of aromatic nitrogens is 1. The van der Waals surface area contributed by atoms with Gasteiger partial charge in [-0.15, -0.1) is 0 Å². The number of amides is 1. The molecule has 1 amide bonds. The Labute approximate surface area is 261 Å². The molecule has 4 unspecified atom stereocenters. The molecule has 0 spiro atoms. The van der Waals surface area contributed by atoms with E-state index >= 15 is 0 Å². The van der Waals surface area contributed by atoms with Crippen LogP contribution in [0.3, 0.4) is 0 Å². The SMILES string of the molecule is CC(=O)Nc1cccc(C2OC(CSc3nc(-c4ccccc4)c(-c4ccccc4)o3)C(C)C(c3ccc(CO)cc3)O2)c1. The summed E-state index contributed by atoms with van der Waals surface area (Å²) < 4.78 is 19.6. The van der Waals surface area contributed by atoms with Gasteiger partial charge in [0.25, 0.3) is 5.22 Å². The number of rotatable bonds is 9. The number of carbonyl (C=O) groups excluding carboxylic acids is 1. The van der Waals surface area contributed by atoms with E-state index in [0.29, 0.717) is 16.7 Å². The molecule has 44 heavy (non-hydrogen) atoms. The van der Waals surface area contributed by atoms with Gasteiger partial charge in [-0.05, 0) is 23.3 Å². The molecule has 6 rings (SSSR count). The molecule has 1 aromatic heterocycles. The van der Waals surface area contributed by atoms with Gasteiger partial charge in [0, 0.05) is 41.0 Å². The topological polar surface area (TPSA) is 93.8 Å². The van der Waals surface area contributed by atoms with Crippen molar-refractivity contribution in [2.75, 3.05) is 11.1 Å². The summed E-state index contributed by atoms with van der Waals surface area (Å²) >= 11 is 1.52. The first-order chi connectivity index (χ1) is 21.5. The third kappa shape index (κ3) is 6.79. The lowest BCUT2D eigenvalue weighted by Crippen LogP contribution is -2.38. The second-order valence-electron chi connectivity index (χ2n) is 10.8. The Morgan fingerprint density at radius 2 is 1.57 bits per heavy atom. The predicted octanol–water partition coefficient (Wildman–Crippen LogP) is 8.04. The quantitative estimate of drug-likeness (QED) is 0.164. The van der Waals surface area contributed by atoms with Crippen LogP contribution in [0.15, 0.2) is 119 Å². The number of nitrogens with one attached hydrogen (secondary N) is 1. The van der Waals surface area contributed by atoms with Crippen molar-refractivity contribution in [1.82, 2.24) is 4.98 Å². The summed E-state index contributed by atoms with van der Waals surface area (Å²) in [5.41, 5.74) is 6.09. The summed E-state index contributed by atoms with van der Waals surface area (Å²) in [6.45, 7) is 3.59. The van der Waals surface area contributed by atoms with Gasteiger partial charge in [0.15, 0.2) is 12.1 Å². The van der Waals surface area contributed by atoms with Crippen LogP contribution < -0.4 is 5.32 Å². The second-order valence-corrected chi connectivity index (χ2v) is 11.8. The third-order valence-electron chi connectivity index (χ3n) is 7.66. The van der Waals surface area contributed by atoms with Crippen LogP contribution in [0.25, 0.3) is 22.6 Å². The van der Waals surface area contributed by atoms with E-state index in [9.17, 15) is 9.90 Å². The highest BCUT2D eigenvalue weighted by atomic mass is 32.2. The molecule has 4 aromatic carbocycles. The molecule has 1 aliphatic heterocycles. The molecule has 0 radical (unpaired) electrons. The molecule has 7 nitrogen and oxygen atoms in total. The zero-order valence-electron chi connectivity index (χ0n) is 24.6. The molecule has 5 aromatic rings. The normalized spacial score (nSPS) is 19.9. The summed E-state index contributed by atoms with van der Waals surface area (Å²) in [5.74, 6) is 1.16. The van der Waals surface area contributed by atoms with E-state index in [4.69, 9.17) is 18.9 Å². The Morgan fingerprint density at radius 3 is 2.25 bits per heavy atom. The fourth-order valence-electron chi connectivity index (χ4n) is 5.37. The predicted molar refractivity (Wildman–Crippen MR) is 172 cm³/mol. The maximum Gasteiger partial charge on any atom is 0.256 e. The summed E-state index contributed by atoms with van der Waals surface area (Å²) in [7, 11) is 0. The number of hydrogen-bond acceptors (Lipinski definition) is 7. The summed E-state index contributed by atoms with van der Waals surface area (Å²) in [6, 6.07) is 35.4. The molecule has 1 aliphatic rings. The minimum absolute atomic E-state index is 0.00518. The number of aliphatic hydroxyl groups excluding tert-OH is 1. The van der Waals surface area contributed by atoms with Gasteiger partial charge in [-0.2, -0.15) is 0 Å². The Bertz CT molecular complexity index is 1630. The van der Waals surface area contributed by atoms with Crippen molar-refractivity contribution in [3.63, 3.8) is 0 Å². The van der Waals surface area contributed by atoms with Crippen LogP contribution in [-0.4, -0.2) is 27.9 Å². The highest BCUT2D eigenvalue weighted by Crippen LogP contribution is 2.44. The fourth-order valence-corrected chi connectivity index (χ4v) is 6.36. The standard InChI is InChI=1S/C36H34N2O5S/c1-23-31(22-44-36-38-32(26-10-5-3-6-11-26)34(43-36)27-12-7-4-8-13-27)41-35(29-14-9-15-30(20-29)37-24(2)40)42-33(23)28-18-16-25(21-39)17-19-28/h3-20,23,31,33,35,39H,21-22H2,1-2H3,(H,37,40). The lowest BCUT2D eigenvalue weighted by atomic mass is 9.91. The zero-order valence-corrected chi connectivity index (χ0v) is 25.4. The second kappa shape index (κ2) is 13.6. The minimum atomic E-state index is -0.655. The Hall–Kier alpha value is -4.21. The van der Waals surface area contributed by atoms with E-state index in [1.54, 1.807) is 0 Å². The van der Waals surface area contributed by atoms with Gasteiger partial charge in [-0.1, -0.05) is 116 Å². The zero-order chi connectivity index (χ0) is 30.5. The van der Waals surface area contributed by atoms with Gasteiger partial charge in [0.2, 0.25) is 5.91 Å². The van der Waals surface area contributed by atoms with Crippen LogP contribution in [0.4, 0.5) is 5.69 Å². The van der Waals surface area contributed by atoms with Gasteiger partial charge in [-0.3, -0.25) is 4.79 Å². The van der Waals surface area contributed by atoms with Gasteiger partial charge in [-0.25, -0.2) is 4.98 Å². The number of nitrogens with zero attached hydrogens (tertiary/aromatic N) is 1. The van der Waals surface area contributed by atoms with Crippen LogP contribution in [0.5, 0.6) is 0 Å². The highest BCUT2D eigenvalue weighted by Gasteiger charge is 2.38. The van der Waals surface area contributed by atoms with Crippen molar-refractivity contribution < 1.29 is 23.8 Å². The summed E-state index contributed by atoms with van der Waals surface area (Å²) in [5, 5.41) is 13.0. The maximum absolute atomic E-state index is 11.7. The van der Waals surface area contributed by atoms with Crippen LogP contribution in [-0.2, 0) is 20.9 Å². The van der Waals surface area contributed by atoms with Crippen LogP contribution >= 0.6 is 11.8 Å². The molecule has 0 bridgehead atoms. The van der Waals surface area contributed by atoms with Crippen molar-refractivity contribution in [2.24, 2.45) is 5.92 Å². The van der Waals surface area contributed by atoms with Crippen molar-refractivity contribution in [1.29, 1.82) is 0 Å². The molecule has 0 saturated carbocycles. The highest BCUT2D eigenvalue weighted by molar-refractivity contribution is 7.99. The molecule has 224 valence electrons. The maximum atomic E-state index is 11.7. The first-order valence-electron chi connectivity index (χ1n) is 14.6. The monoisotopic (exact) mass is 606 g/mol. The molecule has 0 aliphatic carbocycles. The van der Waals surface area contributed by atoms with Crippen LogP contribution in [0.2, 0.25) is 0 Å². The van der Waals surface area contributed by atoms with Gasteiger partial charge in [0.1, 0.15) is 5.69 Å². The summed E-state index contributed by atoms with van der Waals surface area (Å²) in [6.07, 6.45) is -1.13. The van der Waals surface area contributed by atoms with E-state index in [2.05, 4.69) is 12.2 Å². The smallest absolute Gasteiger partial charge is 0.256 e. The van der Waals surface area contributed by atoms with E-state index in [-0.39, 0.29) is 30.6 Å². The molecule has 4 atom stereocenters. The molecule has 1 saturated heterocycles. The van der Waals surface area contributed by atoms with Crippen molar-refractivity contribution in [2.45, 2.75) is 44.2 Å². The first-order valence-corrected chi connectivity index (χ1v) is 15.6. The number of anilines is 1. The van der Waals surface area contributed by atoms with Crippen LogP contribution in [0.1, 0.15) is 42.9 Å². The van der Waals surface area contributed by atoms with Gasteiger partial charge >= 0.3 is 0 Å². The number of hydrogen-bond donors (Lipinski definition) is 2.